The van der Waals surface area contributed by atoms with Crippen LogP contribution in [0.25, 0.3) is 0 Å². The number of amides is 1. The fourth-order valence-corrected chi connectivity index (χ4v) is 2.38. The number of hydrogen-bond acceptors (Lipinski definition) is 9. The first kappa shape index (κ1) is 21.6. The summed E-state index contributed by atoms with van der Waals surface area (Å²) < 4.78 is 15.2. The van der Waals surface area contributed by atoms with Gasteiger partial charge in [0, 0.05) is 12.3 Å². The van der Waals surface area contributed by atoms with Gasteiger partial charge in [0.25, 0.3) is 0 Å². The van der Waals surface area contributed by atoms with Gasteiger partial charge in [0.05, 0.1) is 24.1 Å². The second-order valence-electron chi connectivity index (χ2n) is 6.12. The zero-order valence-corrected chi connectivity index (χ0v) is 15.9. The number of carbonyl (C=O) groups excluding carboxylic acids is 2. The highest BCUT2D eigenvalue weighted by Gasteiger charge is 2.31. The van der Waals surface area contributed by atoms with Crippen molar-refractivity contribution >= 4 is 29.8 Å². The van der Waals surface area contributed by atoms with Gasteiger partial charge >= 0.3 is 17.7 Å². The van der Waals surface area contributed by atoms with Gasteiger partial charge in [0.15, 0.2) is 6.04 Å². The number of pyridine rings is 1. The number of hydrogen-bond donors (Lipinski definition) is 1. The Balaban J connectivity index is 2.81. The topological polar surface area (TPSA) is 130 Å². The summed E-state index contributed by atoms with van der Waals surface area (Å²) in [6, 6.07) is 1.53. The summed E-state index contributed by atoms with van der Waals surface area (Å²) in [6.07, 6.45) is -0.334. The maximum absolute atomic E-state index is 11.9. The highest BCUT2D eigenvalue weighted by Crippen LogP contribution is 2.28. The number of alkyl carbamates (subject to hydrolysis) is 1. The van der Waals surface area contributed by atoms with E-state index in [1.54, 1.807) is 20.8 Å². The maximum Gasteiger partial charge on any atom is 0.408 e. The molecule has 0 saturated carbocycles. The van der Waals surface area contributed by atoms with E-state index in [2.05, 4.69) is 15.0 Å². The molecule has 11 heteroatoms. The van der Waals surface area contributed by atoms with E-state index in [-0.39, 0.29) is 10.7 Å². The third-order valence-corrected chi connectivity index (χ3v) is 3.70. The average Bonchev–Trinajstić information content (AvgIpc) is 2.55. The summed E-state index contributed by atoms with van der Waals surface area (Å²) in [4.78, 5) is 38.1. The van der Waals surface area contributed by atoms with E-state index in [1.807, 2.05) is 0 Å². The third-order valence-electron chi connectivity index (χ3n) is 2.82. The van der Waals surface area contributed by atoms with Crippen LogP contribution in [0.5, 0.6) is 0 Å². The number of ether oxygens (including phenoxy) is 2. The van der Waals surface area contributed by atoms with Gasteiger partial charge in [-0.3, -0.25) is 10.1 Å². The van der Waals surface area contributed by atoms with Crippen molar-refractivity contribution in [1.29, 1.82) is 0 Å². The predicted octanol–water partition coefficient (Wildman–Crippen LogP) is 2.47. The lowest BCUT2D eigenvalue weighted by Crippen LogP contribution is -2.50. The SMILES string of the molecule is COC(=O)[C@@H](NC(=O)OC(C)(C)C)[C@@H](C)OSc1ncccc1[N+](=O)[O-]. The lowest BCUT2D eigenvalue weighted by Gasteiger charge is -2.25. The molecule has 26 heavy (non-hydrogen) atoms. The third kappa shape index (κ3) is 6.84. The van der Waals surface area contributed by atoms with Gasteiger partial charge < -0.3 is 19.0 Å². The molecule has 0 aliphatic rings. The molecule has 0 aliphatic heterocycles. The zero-order valence-electron chi connectivity index (χ0n) is 15.0. The van der Waals surface area contributed by atoms with Gasteiger partial charge in [-0.1, -0.05) is 0 Å². The number of esters is 1. The molecule has 0 radical (unpaired) electrons. The van der Waals surface area contributed by atoms with Crippen LogP contribution < -0.4 is 5.32 Å². The van der Waals surface area contributed by atoms with Crippen LogP contribution in [0.1, 0.15) is 27.7 Å². The molecule has 0 saturated heterocycles. The Morgan fingerprint density at radius 1 is 1.38 bits per heavy atom. The maximum atomic E-state index is 11.9. The normalized spacial score (nSPS) is 13.4. The summed E-state index contributed by atoms with van der Waals surface area (Å²) >= 11 is 0.627. The summed E-state index contributed by atoms with van der Waals surface area (Å²) in [5, 5.41) is 13.4. The molecule has 0 bridgehead atoms. The number of nitro groups is 1. The van der Waals surface area contributed by atoms with E-state index in [0.717, 1.165) is 7.11 Å². The summed E-state index contributed by atoms with van der Waals surface area (Å²) in [5.74, 6) is -0.750. The van der Waals surface area contributed by atoms with Crippen LogP contribution in [0.2, 0.25) is 0 Å². The molecule has 0 unspecified atom stereocenters. The van der Waals surface area contributed by atoms with Crippen molar-refractivity contribution in [3.63, 3.8) is 0 Å². The highest BCUT2D eigenvalue weighted by atomic mass is 32.2. The quantitative estimate of drug-likeness (QED) is 0.324. The fourth-order valence-electron chi connectivity index (χ4n) is 1.69. The van der Waals surface area contributed by atoms with Crippen molar-refractivity contribution in [1.82, 2.24) is 10.3 Å². The minimum atomic E-state index is -1.18. The average molecular weight is 387 g/mol. The van der Waals surface area contributed by atoms with Gasteiger partial charge in [-0.05, 0) is 33.8 Å². The Hall–Kier alpha value is -2.40. The van der Waals surface area contributed by atoms with Gasteiger partial charge in [-0.2, -0.15) is 0 Å². The number of nitrogens with one attached hydrogen (secondary N) is 1. The summed E-state index contributed by atoms with van der Waals surface area (Å²) in [6.45, 7) is 6.53. The standard InChI is InChI=1S/C15H21N3O7S/c1-9(25-26-12-10(18(21)22)7-6-8-16-12)11(13(19)23-5)17-14(20)24-15(2,3)4/h6-9,11H,1-5H3,(H,17,20)/t9-,11+/m1/s1. The number of aromatic nitrogens is 1. The van der Waals surface area contributed by atoms with Crippen LogP contribution in [0, 0.1) is 10.1 Å². The van der Waals surface area contributed by atoms with Crippen molar-refractivity contribution in [2.45, 2.75) is 50.5 Å². The molecule has 1 rings (SSSR count). The van der Waals surface area contributed by atoms with E-state index in [0.29, 0.717) is 12.0 Å². The van der Waals surface area contributed by atoms with Gasteiger partial charge in [-0.25, -0.2) is 14.6 Å². The smallest absolute Gasteiger partial charge is 0.408 e. The molecular weight excluding hydrogens is 366 g/mol. The number of methoxy groups -OCH3 is 1. The molecule has 2 atom stereocenters. The Morgan fingerprint density at radius 2 is 2.04 bits per heavy atom. The number of rotatable bonds is 7. The molecular formula is C15H21N3O7S. The molecule has 1 heterocycles. The molecule has 0 aromatic carbocycles. The second kappa shape index (κ2) is 9.34. The van der Waals surface area contributed by atoms with E-state index in [9.17, 15) is 19.7 Å². The molecule has 1 amide bonds. The highest BCUT2D eigenvalue weighted by molar-refractivity contribution is 7.94. The van der Waals surface area contributed by atoms with Gasteiger partial charge in [0.1, 0.15) is 11.7 Å². The second-order valence-corrected chi connectivity index (χ2v) is 6.86. The first-order valence-corrected chi connectivity index (χ1v) is 8.29. The van der Waals surface area contributed by atoms with Crippen LogP contribution in [0.4, 0.5) is 10.5 Å². The van der Waals surface area contributed by atoms with Crippen LogP contribution in [0.3, 0.4) is 0 Å². The van der Waals surface area contributed by atoms with Crippen LogP contribution in [-0.2, 0) is 18.5 Å². The van der Waals surface area contributed by atoms with E-state index in [4.69, 9.17) is 8.92 Å². The predicted molar refractivity (Wildman–Crippen MR) is 92.5 cm³/mol. The Morgan fingerprint density at radius 3 is 2.58 bits per heavy atom. The molecule has 1 N–H and O–H groups in total. The number of nitrogens with zero attached hydrogens (tertiary/aromatic N) is 2. The van der Waals surface area contributed by atoms with Crippen molar-refractivity contribution in [2.24, 2.45) is 0 Å². The van der Waals surface area contributed by atoms with Crippen molar-refractivity contribution in [3.05, 3.63) is 28.4 Å². The largest absolute Gasteiger partial charge is 0.467 e. The Kier molecular flexibility index (Phi) is 7.77. The Bertz CT molecular complexity index is 663. The zero-order chi connectivity index (χ0) is 19.9. The first-order chi connectivity index (χ1) is 12.0. The van der Waals surface area contributed by atoms with E-state index < -0.39 is 34.7 Å². The summed E-state index contributed by atoms with van der Waals surface area (Å²) in [5.41, 5.74) is -0.988. The Labute approximate surface area is 154 Å². The molecule has 0 fully saturated rings. The van der Waals surface area contributed by atoms with Crippen molar-refractivity contribution in [3.8, 4) is 0 Å². The lowest BCUT2D eigenvalue weighted by molar-refractivity contribution is -0.388. The molecule has 1 aromatic heterocycles. The molecule has 0 aliphatic carbocycles. The van der Waals surface area contributed by atoms with Crippen LogP contribution in [0.15, 0.2) is 23.4 Å². The van der Waals surface area contributed by atoms with Crippen LogP contribution in [-0.4, -0.2) is 46.8 Å². The molecule has 1 aromatic rings. The van der Waals surface area contributed by atoms with E-state index in [1.165, 1.54) is 25.3 Å². The van der Waals surface area contributed by atoms with Gasteiger partial charge in [-0.15, -0.1) is 0 Å². The molecule has 0 spiro atoms. The fraction of sp³-hybridized carbons (Fsp3) is 0.533. The van der Waals surface area contributed by atoms with Crippen molar-refractivity contribution < 1.29 is 28.2 Å². The number of carbonyl (C=O) groups is 2. The minimum absolute atomic E-state index is 0.0187. The van der Waals surface area contributed by atoms with E-state index >= 15 is 0 Å². The van der Waals surface area contributed by atoms with Gasteiger partial charge in [0.2, 0.25) is 5.03 Å². The molecule has 10 nitrogen and oxygen atoms in total. The minimum Gasteiger partial charge on any atom is -0.467 e. The van der Waals surface area contributed by atoms with Crippen LogP contribution >= 0.6 is 12.0 Å². The first-order valence-electron chi connectivity index (χ1n) is 7.55. The van der Waals surface area contributed by atoms with Crippen molar-refractivity contribution in [2.75, 3.05) is 7.11 Å². The summed E-state index contributed by atoms with van der Waals surface area (Å²) in [7, 11) is 1.16. The lowest BCUT2D eigenvalue weighted by atomic mass is 10.2. The monoisotopic (exact) mass is 387 g/mol. The molecule has 144 valence electrons.